The van der Waals surface area contributed by atoms with Gasteiger partial charge < -0.3 is 14.2 Å². The molecule has 2 heterocycles. The van der Waals surface area contributed by atoms with Crippen molar-refractivity contribution in [3.63, 3.8) is 0 Å². The number of hydrogen-bond donors (Lipinski definition) is 0. The molecule has 0 aliphatic carbocycles. The van der Waals surface area contributed by atoms with Crippen molar-refractivity contribution in [1.82, 2.24) is 4.98 Å². The van der Waals surface area contributed by atoms with E-state index in [1.807, 2.05) is 36.4 Å². The highest BCUT2D eigenvalue weighted by Crippen LogP contribution is 2.31. The lowest BCUT2D eigenvalue weighted by molar-refractivity contribution is 0.104. The first-order chi connectivity index (χ1) is 13.8. The van der Waals surface area contributed by atoms with Crippen LogP contribution >= 0.6 is 0 Å². The highest BCUT2D eigenvalue weighted by molar-refractivity contribution is 6.07. The average molecular weight is 373 g/mol. The highest BCUT2D eigenvalue weighted by Gasteiger charge is 2.13. The van der Waals surface area contributed by atoms with Gasteiger partial charge in [-0.05, 0) is 42.5 Å². The number of carbonyl (C=O) groups is 1. The summed E-state index contributed by atoms with van der Waals surface area (Å²) in [6.07, 6.45) is 6.79. The van der Waals surface area contributed by atoms with Crippen molar-refractivity contribution >= 4 is 11.9 Å². The molecule has 4 rings (SSSR count). The third kappa shape index (κ3) is 4.20. The van der Waals surface area contributed by atoms with E-state index in [0.29, 0.717) is 42.6 Å². The first kappa shape index (κ1) is 17.8. The smallest absolute Gasteiger partial charge is 0.185 e. The lowest BCUT2D eigenvalue weighted by Crippen LogP contribution is -2.15. The second-order valence-corrected chi connectivity index (χ2v) is 6.24. The molecule has 0 bridgehead atoms. The third-order valence-corrected chi connectivity index (χ3v) is 4.28. The van der Waals surface area contributed by atoms with Crippen molar-refractivity contribution in [3.05, 3.63) is 89.8 Å². The van der Waals surface area contributed by atoms with Gasteiger partial charge in [0.15, 0.2) is 17.3 Å². The standard InChI is InChI=1S/C23H19NO4/c25-20(19-8-10-22-23(14-19)27-13-12-26-22)9-7-18-5-1-2-6-21(18)28-16-17-4-3-11-24-15-17/h1-11,14-15H,12-13,16H2. The molecule has 5 heteroatoms. The van der Waals surface area contributed by atoms with Crippen LogP contribution in [-0.2, 0) is 6.61 Å². The molecule has 1 aliphatic rings. The van der Waals surface area contributed by atoms with Gasteiger partial charge in [-0.15, -0.1) is 0 Å². The van der Waals surface area contributed by atoms with Gasteiger partial charge in [-0.25, -0.2) is 0 Å². The van der Waals surface area contributed by atoms with Gasteiger partial charge in [0.1, 0.15) is 25.6 Å². The van der Waals surface area contributed by atoms with Crippen molar-refractivity contribution in [3.8, 4) is 17.2 Å². The molecule has 0 radical (unpaired) electrons. The number of fused-ring (bicyclic) bond motifs is 1. The zero-order valence-electron chi connectivity index (χ0n) is 15.2. The lowest BCUT2D eigenvalue weighted by atomic mass is 10.1. The molecule has 1 aromatic heterocycles. The monoisotopic (exact) mass is 373 g/mol. The Balaban J connectivity index is 1.47. The normalized spacial score (nSPS) is 12.7. The van der Waals surface area contributed by atoms with Crippen LogP contribution in [0.3, 0.4) is 0 Å². The molecule has 0 spiro atoms. The van der Waals surface area contributed by atoms with Crippen LogP contribution in [0.25, 0.3) is 6.08 Å². The van der Waals surface area contributed by atoms with E-state index in [-0.39, 0.29) is 5.78 Å². The van der Waals surface area contributed by atoms with E-state index < -0.39 is 0 Å². The maximum atomic E-state index is 12.6. The van der Waals surface area contributed by atoms with E-state index in [4.69, 9.17) is 14.2 Å². The predicted octanol–water partition coefficient (Wildman–Crippen LogP) is 4.33. The number of para-hydroxylation sites is 1. The molecule has 3 aromatic rings. The molecule has 0 fully saturated rings. The van der Waals surface area contributed by atoms with Gasteiger partial charge in [-0.2, -0.15) is 0 Å². The van der Waals surface area contributed by atoms with Crippen LogP contribution < -0.4 is 14.2 Å². The van der Waals surface area contributed by atoms with E-state index >= 15 is 0 Å². The van der Waals surface area contributed by atoms with Crippen molar-refractivity contribution in [2.45, 2.75) is 6.61 Å². The Morgan fingerprint density at radius 3 is 2.75 bits per heavy atom. The van der Waals surface area contributed by atoms with E-state index in [9.17, 15) is 4.79 Å². The van der Waals surface area contributed by atoms with Crippen LogP contribution in [0.4, 0.5) is 0 Å². The molecule has 0 amide bonds. The summed E-state index contributed by atoms with van der Waals surface area (Å²) in [4.78, 5) is 16.6. The number of hydrogen-bond acceptors (Lipinski definition) is 5. The predicted molar refractivity (Wildman–Crippen MR) is 106 cm³/mol. The minimum Gasteiger partial charge on any atom is -0.488 e. The lowest BCUT2D eigenvalue weighted by Gasteiger charge is -2.18. The first-order valence-corrected chi connectivity index (χ1v) is 9.02. The molecule has 0 unspecified atom stereocenters. The minimum absolute atomic E-state index is 0.112. The molecule has 140 valence electrons. The summed E-state index contributed by atoms with van der Waals surface area (Å²) in [7, 11) is 0. The SMILES string of the molecule is O=C(C=Cc1ccccc1OCc1cccnc1)c1ccc2c(c1)OCCO2. The van der Waals surface area contributed by atoms with E-state index in [2.05, 4.69) is 4.98 Å². The molecule has 28 heavy (non-hydrogen) atoms. The quantitative estimate of drug-likeness (QED) is 0.476. The summed E-state index contributed by atoms with van der Waals surface area (Å²) in [5.74, 6) is 1.86. The maximum absolute atomic E-state index is 12.6. The van der Waals surface area contributed by atoms with Crippen LogP contribution in [-0.4, -0.2) is 24.0 Å². The zero-order chi connectivity index (χ0) is 19.2. The van der Waals surface area contributed by atoms with Crippen LogP contribution in [0.1, 0.15) is 21.5 Å². The van der Waals surface area contributed by atoms with E-state index in [1.54, 1.807) is 36.7 Å². The van der Waals surface area contributed by atoms with Gasteiger partial charge in [0.2, 0.25) is 0 Å². The summed E-state index contributed by atoms with van der Waals surface area (Å²) < 4.78 is 16.9. The van der Waals surface area contributed by atoms with Gasteiger partial charge in [-0.1, -0.05) is 24.3 Å². The Kier molecular flexibility index (Phi) is 5.33. The molecular weight excluding hydrogens is 354 g/mol. The average Bonchev–Trinajstić information content (AvgIpc) is 2.77. The number of ketones is 1. The van der Waals surface area contributed by atoms with Crippen LogP contribution in [0.15, 0.2) is 73.1 Å². The van der Waals surface area contributed by atoms with Crippen molar-refractivity contribution in [2.24, 2.45) is 0 Å². The van der Waals surface area contributed by atoms with Gasteiger partial charge in [0.05, 0.1) is 0 Å². The Labute approximate surface area is 163 Å². The summed E-state index contributed by atoms with van der Waals surface area (Å²) in [5, 5.41) is 0. The van der Waals surface area contributed by atoms with Crippen LogP contribution in [0.2, 0.25) is 0 Å². The number of benzene rings is 2. The number of carbonyl (C=O) groups excluding carboxylic acids is 1. The zero-order valence-corrected chi connectivity index (χ0v) is 15.2. The highest BCUT2D eigenvalue weighted by atomic mass is 16.6. The van der Waals surface area contributed by atoms with Crippen LogP contribution in [0, 0.1) is 0 Å². The van der Waals surface area contributed by atoms with E-state index in [0.717, 1.165) is 11.1 Å². The van der Waals surface area contributed by atoms with Crippen molar-refractivity contribution in [1.29, 1.82) is 0 Å². The van der Waals surface area contributed by atoms with E-state index in [1.165, 1.54) is 6.08 Å². The Morgan fingerprint density at radius 2 is 1.89 bits per heavy atom. The second kappa shape index (κ2) is 8.39. The molecule has 5 nitrogen and oxygen atoms in total. The first-order valence-electron chi connectivity index (χ1n) is 9.02. The molecule has 0 atom stereocenters. The molecule has 0 saturated carbocycles. The summed E-state index contributed by atoms with van der Waals surface area (Å²) in [5.41, 5.74) is 2.36. The maximum Gasteiger partial charge on any atom is 0.185 e. The minimum atomic E-state index is -0.112. The third-order valence-electron chi connectivity index (χ3n) is 4.28. The topological polar surface area (TPSA) is 57.7 Å². The Bertz CT molecular complexity index is 998. The molecule has 0 N–H and O–H groups in total. The fourth-order valence-electron chi connectivity index (χ4n) is 2.85. The van der Waals surface area contributed by atoms with Crippen molar-refractivity contribution < 1.29 is 19.0 Å². The summed E-state index contributed by atoms with van der Waals surface area (Å²) in [6.45, 7) is 1.42. The number of nitrogens with zero attached hydrogens (tertiary/aromatic N) is 1. The number of allylic oxidation sites excluding steroid dienone is 1. The van der Waals surface area contributed by atoms with Gasteiger partial charge in [0.25, 0.3) is 0 Å². The second-order valence-electron chi connectivity index (χ2n) is 6.24. The fraction of sp³-hybridized carbons (Fsp3) is 0.130. The number of aromatic nitrogens is 1. The Hall–Kier alpha value is -3.60. The largest absolute Gasteiger partial charge is 0.488 e. The molecule has 0 saturated heterocycles. The van der Waals surface area contributed by atoms with Crippen LogP contribution in [0.5, 0.6) is 17.2 Å². The van der Waals surface area contributed by atoms with Crippen molar-refractivity contribution in [2.75, 3.05) is 13.2 Å². The molecule has 2 aromatic carbocycles. The fourth-order valence-corrected chi connectivity index (χ4v) is 2.85. The number of ether oxygens (including phenoxy) is 3. The van der Waals surface area contributed by atoms with Gasteiger partial charge in [-0.3, -0.25) is 9.78 Å². The van der Waals surface area contributed by atoms with Gasteiger partial charge >= 0.3 is 0 Å². The summed E-state index contributed by atoms with van der Waals surface area (Å²) >= 11 is 0. The molecule has 1 aliphatic heterocycles. The van der Waals surface area contributed by atoms with Gasteiger partial charge in [0, 0.05) is 29.1 Å². The number of rotatable bonds is 6. The number of pyridine rings is 1. The molecular formula is C23H19NO4. The summed E-state index contributed by atoms with van der Waals surface area (Å²) in [6, 6.07) is 16.6. The Morgan fingerprint density at radius 1 is 1.04 bits per heavy atom.